The van der Waals surface area contributed by atoms with Gasteiger partial charge in [0.1, 0.15) is 0 Å². The SMILES string of the molecule is Cc1ccccc1-n1nc2c(=O)[nH]c(=O)nc-2n1O. The maximum atomic E-state index is 11.6. The molecule has 0 bridgehead atoms. The first kappa shape index (κ1) is 11.2. The van der Waals surface area contributed by atoms with Gasteiger partial charge in [0.2, 0.25) is 5.82 Å². The third-order valence-corrected chi connectivity index (χ3v) is 2.75. The number of nitrogens with one attached hydrogen (secondary N) is 1. The number of rotatable bonds is 1. The summed E-state index contributed by atoms with van der Waals surface area (Å²) in [6, 6.07) is 7.16. The molecule has 0 atom stereocenters. The largest absolute Gasteiger partial charge is 0.410 e. The Kier molecular flexibility index (Phi) is 2.24. The number of aromatic nitrogens is 5. The molecule has 1 aromatic carbocycles. The van der Waals surface area contributed by atoms with E-state index < -0.39 is 11.2 Å². The van der Waals surface area contributed by atoms with Gasteiger partial charge in [-0.3, -0.25) is 9.78 Å². The standard InChI is InChI=1S/C11H9N5O3/c1-6-4-2-3-5-7(6)15-14-8-9(16(15)19)12-11(18)13-10(8)17/h2-5,19H,1H3,(H,13,17,18). The van der Waals surface area contributed by atoms with Gasteiger partial charge in [0, 0.05) is 0 Å². The Morgan fingerprint density at radius 2 is 2.00 bits per heavy atom. The van der Waals surface area contributed by atoms with Crippen LogP contribution in [0.15, 0.2) is 33.9 Å². The van der Waals surface area contributed by atoms with Gasteiger partial charge in [-0.1, -0.05) is 23.0 Å². The monoisotopic (exact) mass is 259 g/mol. The van der Waals surface area contributed by atoms with Gasteiger partial charge in [0.15, 0.2) is 5.69 Å². The Labute approximate surface area is 105 Å². The Morgan fingerprint density at radius 1 is 1.26 bits per heavy atom. The fraction of sp³-hybridized carbons (Fsp3) is 0.0909. The third kappa shape index (κ3) is 1.61. The van der Waals surface area contributed by atoms with Crippen LogP contribution >= 0.6 is 0 Å². The molecular formula is C11H9N5O3. The second kappa shape index (κ2) is 3.80. The lowest BCUT2D eigenvalue weighted by atomic mass is 10.2. The molecule has 8 nitrogen and oxygen atoms in total. The summed E-state index contributed by atoms with van der Waals surface area (Å²) in [5.74, 6) is -0.183. The van der Waals surface area contributed by atoms with Crippen LogP contribution < -0.4 is 11.2 Å². The topological polar surface area (TPSA) is 106 Å². The minimum absolute atomic E-state index is 0.106. The zero-order chi connectivity index (χ0) is 13.6. The minimum Gasteiger partial charge on any atom is -0.410 e. The highest BCUT2D eigenvalue weighted by atomic mass is 16.5. The van der Waals surface area contributed by atoms with E-state index in [-0.39, 0.29) is 11.5 Å². The summed E-state index contributed by atoms with van der Waals surface area (Å²) in [5, 5.41) is 13.9. The number of aromatic amines is 1. The van der Waals surface area contributed by atoms with E-state index >= 15 is 0 Å². The van der Waals surface area contributed by atoms with Crippen LogP contribution in [0.3, 0.4) is 0 Å². The fourth-order valence-corrected chi connectivity index (χ4v) is 1.84. The second-order valence-electron chi connectivity index (χ2n) is 4.01. The van der Waals surface area contributed by atoms with Crippen LogP contribution in [0.4, 0.5) is 0 Å². The number of para-hydroxylation sites is 1. The maximum absolute atomic E-state index is 11.6. The van der Waals surface area contributed by atoms with E-state index in [9.17, 15) is 14.8 Å². The first-order chi connectivity index (χ1) is 9.08. The number of fused-ring (bicyclic) bond motifs is 1. The highest BCUT2D eigenvalue weighted by molar-refractivity contribution is 5.49. The molecule has 0 radical (unpaired) electrons. The highest BCUT2D eigenvalue weighted by Crippen LogP contribution is 2.16. The number of H-pyrrole nitrogens is 1. The minimum atomic E-state index is -0.829. The lowest BCUT2D eigenvalue weighted by Gasteiger charge is -2.06. The van der Waals surface area contributed by atoms with E-state index in [1.165, 1.54) is 0 Å². The van der Waals surface area contributed by atoms with Gasteiger partial charge in [-0.05, 0) is 18.6 Å². The summed E-state index contributed by atoms with van der Waals surface area (Å²) in [7, 11) is 0. The molecule has 0 amide bonds. The van der Waals surface area contributed by atoms with E-state index in [4.69, 9.17) is 0 Å². The van der Waals surface area contributed by atoms with Gasteiger partial charge < -0.3 is 5.21 Å². The van der Waals surface area contributed by atoms with Crippen LogP contribution in [0.5, 0.6) is 0 Å². The van der Waals surface area contributed by atoms with Crippen molar-refractivity contribution in [1.82, 2.24) is 24.7 Å². The van der Waals surface area contributed by atoms with Crippen molar-refractivity contribution in [3.05, 3.63) is 50.7 Å². The van der Waals surface area contributed by atoms with Gasteiger partial charge in [-0.25, -0.2) is 4.79 Å². The quantitative estimate of drug-likeness (QED) is 0.587. The van der Waals surface area contributed by atoms with Crippen molar-refractivity contribution in [2.24, 2.45) is 0 Å². The van der Waals surface area contributed by atoms with Crippen LogP contribution in [-0.4, -0.2) is 29.9 Å². The number of aryl methyl sites for hydroxylation is 1. The second-order valence-corrected chi connectivity index (χ2v) is 4.01. The van der Waals surface area contributed by atoms with Crippen LogP contribution in [0.25, 0.3) is 17.2 Å². The molecule has 0 unspecified atom stereocenters. The average molecular weight is 259 g/mol. The average Bonchev–Trinajstić information content (AvgIpc) is 2.68. The van der Waals surface area contributed by atoms with Crippen molar-refractivity contribution in [2.75, 3.05) is 0 Å². The Bertz CT molecular complexity index is 844. The van der Waals surface area contributed by atoms with Crippen molar-refractivity contribution in [2.45, 2.75) is 6.92 Å². The normalized spacial score (nSPS) is 11.0. The van der Waals surface area contributed by atoms with Gasteiger partial charge >= 0.3 is 5.69 Å². The molecule has 19 heavy (non-hydrogen) atoms. The molecule has 1 aromatic rings. The summed E-state index contributed by atoms with van der Waals surface area (Å²) >= 11 is 0. The molecule has 0 aliphatic carbocycles. The fourth-order valence-electron chi connectivity index (χ4n) is 1.84. The molecule has 0 aromatic heterocycles. The van der Waals surface area contributed by atoms with Crippen LogP contribution in [-0.2, 0) is 0 Å². The van der Waals surface area contributed by atoms with E-state index in [0.717, 1.165) is 10.4 Å². The summed E-state index contributed by atoms with van der Waals surface area (Å²) in [4.78, 5) is 29.9. The lowest BCUT2D eigenvalue weighted by molar-refractivity contribution is 0.123. The number of nitrogens with zero attached hydrogens (tertiary/aromatic N) is 4. The van der Waals surface area contributed by atoms with Crippen molar-refractivity contribution in [3.63, 3.8) is 0 Å². The van der Waals surface area contributed by atoms with Crippen molar-refractivity contribution in [3.8, 4) is 17.2 Å². The Morgan fingerprint density at radius 3 is 2.74 bits per heavy atom. The summed E-state index contributed by atoms with van der Waals surface area (Å²) in [5.41, 5.74) is -0.202. The number of hydrogen-bond acceptors (Lipinski definition) is 5. The predicted octanol–water partition coefficient (Wildman–Crippen LogP) is -0.232. The first-order valence-corrected chi connectivity index (χ1v) is 5.45. The third-order valence-electron chi connectivity index (χ3n) is 2.75. The Hall–Kier alpha value is -2.90. The molecule has 0 fully saturated rings. The molecule has 2 aliphatic rings. The van der Waals surface area contributed by atoms with Gasteiger partial charge in [0.05, 0.1) is 5.69 Å². The molecule has 3 rings (SSSR count). The maximum Gasteiger partial charge on any atom is 0.350 e. The number of hydrogen-bond donors (Lipinski definition) is 2. The van der Waals surface area contributed by atoms with Crippen LogP contribution in [0.2, 0.25) is 0 Å². The van der Waals surface area contributed by atoms with Crippen molar-refractivity contribution in [1.29, 1.82) is 0 Å². The molecule has 0 spiro atoms. The molecule has 8 heteroatoms. The van der Waals surface area contributed by atoms with Crippen LogP contribution in [0.1, 0.15) is 5.56 Å². The van der Waals surface area contributed by atoms with E-state index in [1.807, 2.05) is 24.0 Å². The molecule has 2 N–H and O–H groups in total. The molecule has 0 saturated heterocycles. The first-order valence-electron chi connectivity index (χ1n) is 5.45. The van der Waals surface area contributed by atoms with Gasteiger partial charge in [0.25, 0.3) is 5.56 Å². The van der Waals surface area contributed by atoms with E-state index in [1.54, 1.807) is 12.1 Å². The summed E-state index contributed by atoms with van der Waals surface area (Å²) in [6.45, 7) is 1.83. The lowest BCUT2D eigenvalue weighted by Crippen LogP contribution is -2.25. The Balaban J connectivity index is 2.39. The summed E-state index contributed by atoms with van der Waals surface area (Å²) in [6.07, 6.45) is 0. The zero-order valence-electron chi connectivity index (χ0n) is 9.86. The summed E-state index contributed by atoms with van der Waals surface area (Å²) < 4.78 is 0. The molecule has 2 aliphatic heterocycles. The van der Waals surface area contributed by atoms with E-state index in [0.29, 0.717) is 10.5 Å². The molecule has 96 valence electrons. The van der Waals surface area contributed by atoms with Crippen molar-refractivity contribution >= 4 is 0 Å². The molecule has 2 heterocycles. The highest BCUT2D eigenvalue weighted by Gasteiger charge is 2.22. The van der Waals surface area contributed by atoms with E-state index in [2.05, 4.69) is 10.1 Å². The van der Waals surface area contributed by atoms with Crippen LogP contribution in [0, 0.1) is 6.92 Å². The molecular weight excluding hydrogens is 250 g/mol. The van der Waals surface area contributed by atoms with Crippen molar-refractivity contribution < 1.29 is 5.21 Å². The van der Waals surface area contributed by atoms with Gasteiger partial charge in [-0.15, -0.1) is 9.90 Å². The smallest absolute Gasteiger partial charge is 0.350 e. The molecule has 0 saturated carbocycles. The number of benzene rings is 1. The van der Waals surface area contributed by atoms with Gasteiger partial charge in [-0.2, -0.15) is 4.98 Å². The zero-order valence-corrected chi connectivity index (χ0v) is 9.86. The predicted molar refractivity (Wildman–Crippen MR) is 64.8 cm³/mol.